The highest BCUT2D eigenvalue weighted by Gasteiger charge is 2.26. The van der Waals surface area contributed by atoms with Gasteiger partial charge in [-0.3, -0.25) is 4.90 Å². The van der Waals surface area contributed by atoms with Crippen molar-refractivity contribution < 1.29 is 4.74 Å². The molecule has 2 saturated heterocycles. The second-order valence-electron chi connectivity index (χ2n) is 5.39. The minimum atomic E-state index is 0.311. The third kappa shape index (κ3) is 3.25. The number of thiazole rings is 1. The summed E-state index contributed by atoms with van der Waals surface area (Å²) in [6.45, 7) is 7.06. The molecule has 2 atom stereocenters. The topological polar surface area (TPSA) is 54.6 Å². The van der Waals surface area contributed by atoms with Gasteiger partial charge in [-0.15, -0.1) is 11.3 Å². The van der Waals surface area contributed by atoms with E-state index in [1.807, 2.05) is 11.6 Å². The predicted octanol–water partition coefficient (Wildman–Crippen LogP) is 0.629. The number of rotatable bonds is 3. The van der Waals surface area contributed by atoms with Crippen molar-refractivity contribution in [3.8, 4) is 0 Å². The maximum Gasteiger partial charge on any atom is 0.185 e. The van der Waals surface area contributed by atoms with E-state index in [0.29, 0.717) is 12.0 Å². The molecule has 0 radical (unpaired) electrons. The fourth-order valence-corrected chi connectivity index (χ4v) is 3.52. The summed E-state index contributed by atoms with van der Waals surface area (Å²) >= 11 is 1.72. The van der Waals surface area contributed by atoms with E-state index in [9.17, 15) is 0 Å². The highest BCUT2D eigenvalue weighted by atomic mass is 32.1. The third-order valence-electron chi connectivity index (χ3n) is 4.09. The van der Waals surface area contributed by atoms with Crippen molar-refractivity contribution in [1.82, 2.24) is 9.88 Å². The van der Waals surface area contributed by atoms with E-state index in [1.54, 1.807) is 11.3 Å². The van der Waals surface area contributed by atoms with Crippen molar-refractivity contribution in [2.75, 3.05) is 50.8 Å². The molecule has 0 aliphatic carbocycles. The van der Waals surface area contributed by atoms with Gasteiger partial charge in [0.25, 0.3) is 0 Å². The summed E-state index contributed by atoms with van der Waals surface area (Å²) in [6.07, 6.45) is 2.88. The number of hydrogen-bond donors (Lipinski definition) is 1. The van der Waals surface area contributed by atoms with E-state index < -0.39 is 0 Å². The van der Waals surface area contributed by atoms with Gasteiger partial charge in [0, 0.05) is 62.9 Å². The molecule has 2 unspecified atom stereocenters. The molecule has 2 aliphatic rings. The van der Waals surface area contributed by atoms with Gasteiger partial charge in [0.05, 0.1) is 6.61 Å². The Labute approximate surface area is 118 Å². The van der Waals surface area contributed by atoms with Gasteiger partial charge >= 0.3 is 0 Å². The first-order chi connectivity index (χ1) is 9.33. The van der Waals surface area contributed by atoms with E-state index >= 15 is 0 Å². The number of hydrogen-bond acceptors (Lipinski definition) is 6. The third-order valence-corrected chi connectivity index (χ3v) is 4.92. The van der Waals surface area contributed by atoms with Crippen molar-refractivity contribution >= 4 is 16.5 Å². The number of nitrogens with two attached hydrogens (primary N) is 1. The Morgan fingerprint density at radius 3 is 2.89 bits per heavy atom. The summed E-state index contributed by atoms with van der Waals surface area (Å²) in [7, 11) is 0. The normalized spacial score (nSPS) is 29.6. The summed E-state index contributed by atoms with van der Waals surface area (Å²) in [4.78, 5) is 9.27. The van der Waals surface area contributed by atoms with Gasteiger partial charge in [0.15, 0.2) is 5.13 Å². The molecule has 1 aromatic rings. The van der Waals surface area contributed by atoms with Crippen molar-refractivity contribution in [3.63, 3.8) is 0 Å². The highest BCUT2D eigenvalue weighted by Crippen LogP contribution is 2.20. The SMILES string of the molecule is NC1CCOCC1CN1CCN(c2nccs2)CC1. The molecule has 19 heavy (non-hydrogen) atoms. The first-order valence-corrected chi connectivity index (χ1v) is 7.91. The van der Waals surface area contributed by atoms with Crippen LogP contribution in [0.15, 0.2) is 11.6 Å². The standard InChI is InChI=1S/C13H22N4OS/c14-12-1-7-18-10-11(12)9-16-3-5-17(6-4-16)13-15-2-8-19-13/h2,8,11-12H,1,3-7,9-10,14H2. The lowest BCUT2D eigenvalue weighted by Gasteiger charge is -2.38. The molecular weight excluding hydrogens is 260 g/mol. The van der Waals surface area contributed by atoms with E-state index in [4.69, 9.17) is 10.5 Å². The van der Waals surface area contributed by atoms with E-state index in [2.05, 4.69) is 14.8 Å². The number of aromatic nitrogens is 1. The molecule has 2 aliphatic heterocycles. The van der Waals surface area contributed by atoms with Crippen LogP contribution in [-0.4, -0.2) is 61.9 Å². The van der Waals surface area contributed by atoms with Crippen molar-refractivity contribution in [1.29, 1.82) is 0 Å². The molecule has 5 nitrogen and oxygen atoms in total. The molecule has 2 N–H and O–H groups in total. The first kappa shape index (κ1) is 13.3. The lowest BCUT2D eigenvalue weighted by molar-refractivity contribution is 0.0253. The fourth-order valence-electron chi connectivity index (χ4n) is 2.83. The molecule has 6 heteroatoms. The minimum absolute atomic E-state index is 0.311. The molecule has 3 heterocycles. The number of piperazine rings is 1. The second kappa shape index (κ2) is 6.17. The van der Waals surface area contributed by atoms with Crippen LogP contribution in [0.4, 0.5) is 5.13 Å². The predicted molar refractivity (Wildman–Crippen MR) is 77.7 cm³/mol. The number of ether oxygens (including phenoxy) is 1. The van der Waals surface area contributed by atoms with Crippen LogP contribution < -0.4 is 10.6 Å². The van der Waals surface area contributed by atoms with Crippen LogP contribution in [0.5, 0.6) is 0 Å². The summed E-state index contributed by atoms with van der Waals surface area (Å²) < 4.78 is 5.55. The van der Waals surface area contributed by atoms with Crippen molar-refractivity contribution in [3.05, 3.63) is 11.6 Å². The summed E-state index contributed by atoms with van der Waals surface area (Å²) in [5.41, 5.74) is 6.18. The van der Waals surface area contributed by atoms with Crippen LogP contribution in [0, 0.1) is 5.92 Å². The van der Waals surface area contributed by atoms with Gasteiger partial charge in [-0.05, 0) is 6.42 Å². The zero-order chi connectivity index (χ0) is 13.1. The Balaban J connectivity index is 1.47. The Hall–Kier alpha value is -0.690. The smallest absolute Gasteiger partial charge is 0.185 e. The molecule has 0 aromatic carbocycles. The molecule has 0 spiro atoms. The van der Waals surface area contributed by atoms with Crippen LogP contribution in [0.3, 0.4) is 0 Å². The lowest BCUT2D eigenvalue weighted by Crippen LogP contribution is -2.51. The average molecular weight is 282 g/mol. The van der Waals surface area contributed by atoms with Crippen molar-refractivity contribution in [2.24, 2.45) is 11.7 Å². The largest absolute Gasteiger partial charge is 0.381 e. The van der Waals surface area contributed by atoms with Gasteiger partial charge in [0.1, 0.15) is 0 Å². The molecule has 1 aromatic heterocycles. The van der Waals surface area contributed by atoms with Gasteiger partial charge in [-0.1, -0.05) is 0 Å². The van der Waals surface area contributed by atoms with E-state index in [0.717, 1.165) is 57.5 Å². The summed E-state index contributed by atoms with van der Waals surface area (Å²) in [6, 6.07) is 0.311. The fraction of sp³-hybridized carbons (Fsp3) is 0.769. The molecule has 3 rings (SSSR count). The molecular formula is C13H22N4OS. The lowest BCUT2D eigenvalue weighted by atomic mass is 9.96. The monoisotopic (exact) mass is 282 g/mol. The average Bonchev–Trinajstić information content (AvgIpc) is 2.96. The maximum absolute atomic E-state index is 6.18. The van der Waals surface area contributed by atoms with E-state index in [1.165, 1.54) is 0 Å². The van der Waals surface area contributed by atoms with Gasteiger partial charge in [0.2, 0.25) is 0 Å². The Morgan fingerprint density at radius 1 is 1.37 bits per heavy atom. The Bertz CT molecular complexity index is 378. The van der Waals surface area contributed by atoms with Gasteiger partial charge in [-0.2, -0.15) is 0 Å². The molecule has 106 valence electrons. The number of anilines is 1. The summed E-state index contributed by atoms with van der Waals surface area (Å²) in [5, 5.41) is 3.19. The Morgan fingerprint density at radius 2 is 2.21 bits per heavy atom. The zero-order valence-electron chi connectivity index (χ0n) is 11.2. The van der Waals surface area contributed by atoms with Crippen LogP contribution in [-0.2, 0) is 4.74 Å². The molecule has 0 saturated carbocycles. The Kier molecular flexibility index (Phi) is 4.32. The van der Waals surface area contributed by atoms with Crippen LogP contribution >= 0.6 is 11.3 Å². The molecule has 0 amide bonds. The zero-order valence-corrected chi connectivity index (χ0v) is 12.0. The maximum atomic E-state index is 6.18. The number of nitrogens with zero attached hydrogens (tertiary/aromatic N) is 3. The van der Waals surface area contributed by atoms with Gasteiger partial charge < -0.3 is 15.4 Å². The first-order valence-electron chi connectivity index (χ1n) is 7.03. The van der Waals surface area contributed by atoms with Gasteiger partial charge in [-0.25, -0.2) is 4.98 Å². The quantitative estimate of drug-likeness (QED) is 0.881. The van der Waals surface area contributed by atoms with Crippen molar-refractivity contribution in [2.45, 2.75) is 12.5 Å². The van der Waals surface area contributed by atoms with E-state index in [-0.39, 0.29) is 0 Å². The van der Waals surface area contributed by atoms with Crippen LogP contribution in [0.25, 0.3) is 0 Å². The summed E-state index contributed by atoms with van der Waals surface area (Å²) in [5.74, 6) is 0.500. The second-order valence-corrected chi connectivity index (χ2v) is 6.26. The molecule has 0 bridgehead atoms. The minimum Gasteiger partial charge on any atom is -0.381 e. The van der Waals surface area contributed by atoms with Crippen LogP contribution in [0.2, 0.25) is 0 Å². The highest BCUT2D eigenvalue weighted by molar-refractivity contribution is 7.13. The van der Waals surface area contributed by atoms with Crippen LogP contribution in [0.1, 0.15) is 6.42 Å². The molecule has 2 fully saturated rings.